The molecule has 50 heavy (non-hydrogen) atoms. The Morgan fingerprint density at radius 1 is 1.26 bits per heavy atom. The van der Waals surface area contributed by atoms with Gasteiger partial charge in [0.25, 0.3) is 17.7 Å². The van der Waals surface area contributed by atoms with E-state index >= 15 is 0 Å². The minimum atomic E-state index is -1.33. The van der Waals surface area contributed by atoms with Crippen molar-refractivity contribution >= 4 is 63.6 Å². The number of piperazine rings is 1. The van der Waals surface area contributed by atoms with E-state index in [-0.39, 0.29) is 52.1 Å². The number of aliphatic carboxylic acids is 2. The highest BCUT2D eigenvalue weighted by Gasteiger charge is 2.56. The fourth-order valence-electron chi connectivity index (χ4n) is 6.96. The number of nitrogens with one attached hydrogen (secondary N) is 2. The normalized spacial score (nSPS) is 25.3. The number of rotatable bonds is 11. The molecule has 7 N–H and O–H groups in total. The molecule has 0 saturated carbocycles. The smallest absolute Gasteiger partial charge is 0.352 e. The molecule has 18 nitrogen and oxygen atoms in total. The van der Waals surface area contributed by atoms with Crippen molar-refractivity contribution in [3.63, 3.8) is 0 Å². The van der Waals surface area contributed by atoms with E-state index in [1.807, 2.05) is 0 Å². The highest BCUT2D eigenvalue weighted by Crippen LogP contribution is 2.42. The number of aromatic hydroxyl groups is 1. The van der Waals surface area contributed by atoms with Gasteiger partial charge >= 0.3 is 11.9 Å². The van der Waals surface area contributed by atoms with Gasteiger partial charge in [0, 0.05) is 41.8 Å². The lowest BCUT2D eigenvalue weighted by atomic mass is 10.0. The van der Waals surface area contributed by atoms with Gasteiger partial charge in [-0.05, 0) is 6.42 Å². The second kappa shape index (κ2) is 13.8. The van der Waals surface area contributed by atoms with Crippen LogP contribution in [0.4, 0.5) is 5.13 Å². The van der Waals surface area contributed by atoms with Gasteiger partial charge in [-0.2, -0.15) is 0 Å². The van der Waals surface area contributed by atoms with Gasteiger partial charge in [-0.3, -0.25) is 24.1 Å². The van der Waals surface area contributed by atoms with Crippen LogP contribution in [0, 0.1) is 0 Å². The summed E-state index contributed by atoms with van der Waals surface area (Å²) >= 11 is 2.34. The quantitative estimate of drug-likeness (QED) is 0.0744. The number of hydrogen-bond donors (Lipinski definition) is 6. The fourth-order valence-corrected chi connectivity index (χ4v) is 8.84. The lowest BCUT2D eigenvalue weighted by Crippen LogP contribution is -2.71. The van der Waals surface area contributed by atoms with E-state index in [4.69, 9.17) is 10.6 Å². The van der Waals surface area contributed by atoms with Crippen molar-refractivity contribution < 1.29 is 48.6 Å². The fraction of sp³-hybridized carbons (Fsp3) is 0.467. The number of H-pyrrole nitrogens is 1. The van der Waals surface area contributed by atoms with E-state index in [2.05, 4.69) is 20.4 Å². The number of nitrogens with zero attached hydrogens (tertiary/aromatic N) is 5. The van der Waals surface area contributed by atoms with Crippen molar-refractivity contribution in [3.05, 3.63) is 50.5 Å². The summed E-state index contributed by atoms with van der Waals surface area (Å²) in [5, 5.41) is 36.4. The zero-order valence-corrected chi connectivity index (χ0v) is 28.4. The first kappa shape index (κ1) is 34.9. The zero-order chi connectivity index (χ0) is 35.9. The van der Waals surface area contributed by atoms with Crippen LogP contribution in [0.25, 0.3) is 0 Å². The Morgan fingerprint density at radius 2 is 2.04 bits per heavy atom. The molecule has 3 saturated heterocycles. The minimum Gasteiger partial charge on any atom is -0.503 e. The number of carbonyl (C=O) groups is 5. The molecule has 0 aliphatic carbocycles. The van der Waals surface area contributed by atoms with Crippen molar-refractivity contribution in [3.8, 4) is 5.75 Å². The lowest BCUT2D eigenvalue weighted by molar-refractivity contribution is -0.938. The standard InChI is InChI=1S/C30H34N8O10S2/c1-2-20(28(44)45)48-35-21(17-13-50-30(31)33-17)24(41)34-22-26(43)37-23(29(46)47)14(12-49-27(22)37)11-38-6-3-4-15(38)10-36(5-7-38)25(42)16-8-18(39)19(40)9-32-16/h8-9,13,15,20,22,27H,2-7,10-12H2,1H3,(H6-,31,32,33,34,35,39,40,41,42,44,45,46,47)/p+1/t15-,20-,22+,27+,38?/m0/s1. The third-order valence-electron chi connectivity index (χ3n) is 9.51. The Bertz CT molecular complexity index is 1880. The van der Waals surface area contributed by atoms with Gasteiger partial charge in [-0.25, -0.2) is 14.6 Å². The van der Waals surface area contributed by atoms with E-state index in [9.17, 15) is 44.1 Å². The number of amides is 3. The monoisotopic (exact) mass is 731 g/mol. The number of oxime groups is 1. The summed E-state index contributed by atoms with van der Waals surface area (Å²) in [6, 6.07) is -0.0209. The van der Waals surface area contributed by atoms with Gasteiger partial charge in [-0.15, -0.1) is 23.1 Å². The summed E-state index contributed by atoms with van der Waals surface area (Å²) in [6.45, 7) is 4.01. The Labute approximate surface area is 292 Å². The van der Waals surface area contributed by atoms with Crippen molar-refractivity contribution in [2.75, 3.05) is 44.2 Å². The molecule has 6 heterocycles. The average Bonchev–Trinajstić information content (AvgIpc) is 3.71. The summed E-state index contributed by atoms with van der Waals surface area (Å²) < 4.78 is 0.557. The predicted molar refractivity (Wildman–Crippen MR) is 178 cm³/mol. The molecule has 2 aromatic heterocycles. The highest BCUT2D eigenvalue weighted by molar-refractivity contribution is 8.00. The Balaban J connectivity index is 1.17. The molecule has 4 aliphatic heterocycles. The molecule has 0 spiro atoms. The number of carboxylic acid groups (broad SMARTS) is 2. The topological polar surface area (TPSA) is 258 Å². The number of hydrogen-bond acceptors (Lipinski definition) is 13. The van der Waals surface area contributed by atoms with Crippen LogP contribution in [-0.4, -0.2) is 137 Å². The van der Waals surface area contributed by atoms with E-state index in [1.165, 1.54) is 22.0 Å². The molecule has 6 rings (SSSR count). The van der Waals surface area contributed by atoms with Crippen LogP contribution in [0.5, 0.6) is 5.75 Å². The summed E-state index contributed by atoms with van der Waals surface area (Å²) in [5.74, 6) is -4.61. The number of carbonyl (C=O) groups excluding carboxylic acids is 3. The van der Waals surface area contributed by atoms with Crippen LogP contribution in [0.1, 0.15) is 42.4 Å². The molecular formula is C30H35N8O10S2+. The van der Waals surface area contributed by atoms with Crippen molar-refractivity contribution in [1.82, 2.24) is 25.1 Å². The molecule has 2 aromatic rings. The number of aromatic amines is 1. The van der Waals surface area contributed by atoms with Crippen LogP contribution in [-0.2, 0) is 24.0 Å². The number of β-lactam (4-membered cyclic amide) rings is 1. The van der Waals surface area contributed by atoms with Crippen LogP contribution in [0.2, 0.25) is 0 Å². The molecule has 266 valence electrons. The number of pyridine rings is 1. The van der Waals surface area contributed by atoms with E-state index < -0.39 is 52.5 Å². The maximum atomic E-state index is 13.5. The first-order valence-corrected chi connectivity index (χ1v) is 17.7. The van der Waals surface area contributed by atoms with Gasteiger partial charge < -0.3 is 45.6 Å². The van der Waals surface area contributed by atoms with Crippen LogP contribution in [0.15, 0.2) is 38.9 Å². The van der Waals surface area contributed by atoms with Crippen LogP contribution < -0.4 is 16.5 Å². The SMILES string of the molecule is CC[C@H](O/N=C(\C(=O)N[C@@H]1C(=O)N2C(C(=O)O)=C(C[N+]34CCC[C@H]3CN(C(=O)c3cc(=O)c(O)c[nH]3)CC4)CS[C@H]12)c1csc(N)n1)C(=O)O. The second-order valence-corrected chi connectivity index (χ2v) is 14.4. The third-order valence-corrected chi connectivity index (χ3v) is 11.5. The number of carboxylic acids is 2. The summed E-state index contributed by atoms with van der Waals surface area (Å²) in [4.78, 5) is 90.8. The Morgan fingerprint density at radius 3 is 2.70 bits per heavy atom. The zero-order valence-electron chi connectivity index (χ0n) is 26.7. The van der Waals surface area contributed by atoms with E-state index in [1.54, 1.807) is 11.8 Å². The Kier molecular flexibility index (Phi) is 9.60. The number of thiazole rings is 1. The van der Waals surface area contributed by atoms with Gasteiger partial charge in [0.15, 0.2) is 16.6 Å². The molecule has 4 aliphatic rings. The van der Waals surface area contributed by atoms with Gasteiger partial charge in [0.2, 0.25) is 11.5 Å². The minimum absolute atomic E-state index is 0.00838. The van der Waals surface area contributed by atoms with Crippen LogP contribution in [0.3, 0.4) is 0 Å². The summed E-state index contributed by atoms with van der Waals surface area (Å²) in [7, 11) is 0. The maximum Gasteiger partial charge on any atom is 0.352 e. The first-order chi connectivity index (χ1) is 23.8. The maximum absolute atomic E-state index is 13.5. The summed E-state index contributed by atoms with van der Waals surface area (Å²) in [6.07, 6.45) is 1.49. The molecule has 0 aromatic carbocycles. The number of quaternary nitrogens is 1. The number of nitrogen functional groups attached to an aromatic ring is 1. The molecule has 20 heteroatoms. The lowest BCUT2D eigenvalue weighted by Gasteiger charge is -2.51. The molecule has 1 unspecified atom stereocenters. The van der Waals surface area contributed by atoms with Gasteiger partial charge in [0.05, 0.1) is 26.2 Å². The predicted octanol–water partition coefficient (Wildman–Crippen LogP) is -0.423. The van der Waals surface area contributed by atoms with Crippen molar-refractivity contribution in [2.24, 2.45) is 5.16 Å². The van der Waals surface area contributed by atoms with Crippen molar-refractivity contribution in [1.29, 1.82) is 0 Å². The molecule has 0 radical (unpaired) electrons. The van der Waals surface area contributed by atoms with Crippen LogP contribution >= 0.6 is 23.1 Å². The average molecular weight is 732 g/mol. The summed E-state index contributed by atoms with van der Waals surface area (Å²) in [5.41, 5.74) is 5.23. The van der Waals surface area contributed by atoms with E-state index in [0.717, 1.165) is 43.0 Å². The molecule has 3 fully saturated rings. The molecule has 0 bridgehead atoms. The number of anilines is 1. The number of thioether (sulfide) groups is 1. The number of nitrogens with two attached hydrogens (primary N) is 1. The number of aromatic nitrogens is 2. The largest absolute Gasteiger partial charge is 0.503 e. The highest BCUT2D eigenvalue weighted by atomic mass is 32.2. The van der Waals surface area contributed by atoms with Gasteiger partial charge in [-0.1, -0.05) is 12.1 Å². The Hall–Kier alpha value is -4.95. The molecule has 5 atom stereocenters. The van der Waals surface area contributed by atoms with Gasteiger partial charge in [0.1, 0.15) is 41.1 Å². The van der Waals surface area contributed by atoms with Crippen molar-refractivity contribution in [2.45, 2.75) is 49.7 Å². The molecule has 3 amide bonds. The van der Waals surface area contributed by atoms with E-state index in [0.29, 0.717) is 36.2 Å². The third kappa shape index (κ3) is 6.40. The number of fused-ring (bicyclic) bond motifs is 2. The second-order valence-electron chi connectivity index (χ2n) is 12.4. The molecular weight excluding hydrogens is 697 g/mol. The first-order valence-electron chi connectivity index (χ1n) is 15.8.